The van der Waals surface area contributed by atoms with Crippen molar-refractivity contribution in [3.8, 4) is 11.5 Å². The fraction of sp³-hybridized carbons (Fsp3) is 0.654. The molecule has 2 heterocycles. The first-order chi connectivity index (χ1) is 14.8. The molecule has 2 atom stereocenters. The van der Waals surface area contributed by atoms with E-state index >= 15 is 0 Å². The fourth-order valence-electron chi connectivity index (χ4n) is 6.18. The van der Waals surface area contributed by atoms with E-state index in [9.17, 15) is 0 Å². The van der Waals surface area contributed by atoms with Crippen LogP contribution in [0.3, 0.4) is 0 Å². The van der Waals surface area contributed by atoms with Gasteiger partial charge in [-0.05, 0) is 81.9 Å². The van der Waals surface area contributed by atoms with E-state index in [1.807, 2.05) is 6.20 Å². The van der Waals surface area contributed by atoms with E-state index in [1.54, 1.807) is 0 Å². The van der Waals surface area contributed by atoms with Crippen LogP contribution in [0.25, 0.3) is 10.9 Å². The second-order valence-corrected chi connectivity index (χ2v) is 16.7. The first-order valence-electron chi connectivity index (χ1n) is 12.1. The lowest BCUT2D eigenvalue weighted by Crippen LogP contribution is -2.43. The van der Waals surface area contributed by atoms with Gasteiger partial charge in [-0.2, -0.15) is 5.10 Å². The van der Waals surface area contributed by atoms with Crippen molar-refractivity contribution in [3.63, 3.8) is 0 Å². The summed E-state index contributed by atoms with van der Waals surface area (Å²) in [5, 5.41) is 5.93. The van der Waals surface area contributed by atoms with Crippen molar-refractivity contribution < 1.29 is 4.74 Å². The van der Waals surface area contributed by atoms with Crippen LogP contribution in [0.2, 0.25) is 16.6 Å². The molecule has 2 unspecified atom stereocenters. The van der Waals surface area contributed by atoms with Crippen molar-refractivity contribution in [1.82, 2.24) is 9.78 Å². The smallest absolute Gasteiger partial charge is 0.150 e. The topological polar surface area (TPSA) is 27.1 Å². The van der Waals surface area contributed by atoms with Gasteiger partial charge in [0.1, 0.15) is 8.07 Å². The van der Waals surface area contributed by atoms with E-state index in [0.717, 1.165) is 32.3 Å². The highest BCUT2D eigenvalue weighted by Gasteiger charge is 2.42. The Labute approximate surface area is 197 Å². The van der Waals surface area contributed by atoms with Gasteiger partial charge in [-0.3, -0.25) is 0 Å². The van der Waals surface area contributed by atoms with Gasteiger partial charge in [0, 0.05) is 22.4 Å². The van der Waals surface area contributed by atoms with Crippen molar-refractivity contribution in [1.29, 1.82) is 0 Å². The van der Waals surface area contributed by atoms with Crippen LogP contribution in [0.1, 0.15) is 90.5 Å². The molecule has 0 N–H and O–H groups in total. The van der Waals surface area contributed by atoms with E-state index < -0.39 is 8.07 Å². The summed E-state index contributed by atoms with van der Waals surface area (Å²) in [5.41, 5.74) is 10.0. The van der Waals surface area contributed by atoms with Crippen LogP contribution in [0.15, 0.2) is 16.7 Å². The molecule has 1 aromatic heterocycles. The van der Waals surface area contributed by atoms with E-state index in [4.69, 9.17) is 9.84 Å². The lowest BCUT2D eigenvalue weighted by Gasteiger charge is -2.38. The van der Waals surface area contributed by atoms with Gasteiger partial charge >= 0.3 is 0 Å². The maximum Gasteiger partial charge on any atom is 0.150 e. The molecule has 3 nitrogen and oxygen atoms in total. The maximum absolute atomic E-state index is 6.02. The number of nitrogens with zero attached hydrogens (tertiary/aromatic N) is 2. The molecule has 0 saturated carbocycles. The van der Waals surface area contributed by atoms with Gasteiger partial charge in [-0.15, -0.1) is 11.5 Å². The van der Waals surface area contributed by atoms with Gasteiger partial charge < -0.3 is 4.74 Å². The minimum absolute atomic E-state index is 0.0722. The minimum atomic E-state index is -1.72. The van der Waals surface area contributed by atoms with Gasteiger partial charge in [-0.25, -0.2) is 4.68 Å². The molecule has 1 fully saturated rings. The number of ether oxygens (including phenoxy) is 1. The number of aryl methyl sites for hydroxylation is 1. The monoisotopic (exact) mass is 500 g/mol. The molecule has 1 aromatic carbocycles. The van der Waals surface area contributed by atoms with Crippen LogP contribution in [0.4, 0.5) is 0 Å². The molecule has 2 aromatic rings. The first-order valence-corrected chi connectivity index (χ1v) is 15.1. The van der Waals surface area contributed by atoms with Crippen LogP contribution in [0, 0.1) is 11.5 Å². The Kier molecular flexibility index (Phi) is 6.73. The molecule has 0 spiro atoms. The van der Waals surface area contributed by atoms with E-state index in [-0.39, 0.29) is 6.23 Å². The number of hydrogen-bond donors (Lipinski definition) is 0. The Bertz CT molecular complexity index is 986. The summed E-state index contributed by atoms with van der Waals surface area (Å²) < 4.78 is 9.32. The van der Waals surface area contributed by atoms with E-state index in [0.29, 0.717) is 22.5 Å². The molecule has 1 saturated heterocycles. The van der Waals surface area contributed by atoms with Gasteiger partial charge in [-0.1, -0.05) is 41.5 Å². The predicted octanol–water partition coefficient (Wildman–Crippen LogP) is 7.75. The normalized spacial score (nSPS) is 21.7. The largest absolute Gasteiger partial charge is 0.356 e. The summed E-state index contributed by atoms with van der Waals surface area (Å²) in [4.78, 5) is 0. The second-order valence-electron chi connectivity index (χ2n) is 10.4. The number of halogens is 1. The lowest BCUT2D eigenvalue weighted by molar-refractivity contribution is -0.0366. The molecule has 4 rings (SSSR count). The number of hydrogen-bond acceptors (Lipinski definition) is 2. The van der Waals surface area contributed by atoms with E-state index in [1.165, 1.54) is 32.9 Å². The third kappa shape index (κ3) is 3.94. The average Bonchev–Trinajstić information content (AvgIpc) is 3.33. The summed E-state index contributed by atoms with van der Waals surface area (Å²) in [5.74, 6) is 4.15. The molecule has 5 heteroatoms. The Hall–Kier alpha value is -1.09. The average molecular weight is 502 g/mol. The van der Waals surface area contributed by atoms with Crippen molar-refractivity contribution in [2.75, 3.05) is 6.61 Å². The van der Waals surface area contributed by atoms with E-state index in [2.05, 4.69) is 79.7 Å². The highest BCUT2D eigenvalue weighted by molar-refractivity contribution is 9.10. The fourth-order valence-corrected chi connectivity index (χ4v) is 12.3. The molecule has 168 valence electrons. The molecule has 0 amide bonds. The predicted molar refractivity (Wildman–Crippen MR) is 136 cm³/mol. The lowest BCUT2D eigenvalue weighted by atomic mass is 10.0. The number of fused-ring (bicyclic) bond motifs is 2. The first kappa shape index (κ1) is 23.1. The standard InChI is InChI=1S/C26H37BrN2OSi/c1-17(2)31(18(3)4,19(5)6)14-12-20-10-11-21-15-23-22(26(27)25(20)21)16-28-29(23)24-9-7-8-13-30-24/h15-20,24H,7-11,13H2,1-6H3. The van der Waals surface area contributed by atoms with Crippen LogP contribution in [0.5, 0.6) is 0 Å². The Morgan fingerprint density at radius 3 is 2.42 bits per heavy atom. The molecular formula is C26H37BrN2OSi. The highest BCUT2D eigenvalue weighted by Crippen LogP contribution is 2.44. The Morgan fingerprint density at radius 2 is 1.81 bits per heavy atom. The Morgan fingerprint density at radius 1 is 1.10 bits per heavy atom. The van der Waals surface area contributed by atoms with Gasteiger partial charge in [0.05, 0.1) is 11.7 Å². The second kappa shape index (κ2) is 9.04. The van der Waals surface area contributed by atoms with Gasteiger partial charge in [0.25, 0.3) is 0 Å². The third-order valence-electron chi connectivity index (χ3n) is 7.77. The molecule has 31 heavy (non-hydrogen) atoms. The van der Waals surface area contributed by atoms with Crippen molar-refractivity contribution >= 4 is 34.9 Å². The van der Waals surface area contributed by atoms with Crippen LogP contribution < -0.4 is 0 Å². The Balaban J connectivity index is 1.74. The summed E-state index contributed by atoms with van der Waals surface area (Å²) in [6.07, 6.45) is 7.72. The number of benzene rings is 1. The zero-order chi connectivity index (χ0) is 22.3. The number of aromatic nitrogens is 2. The van der Waals surface area contributed by atoms with Crippen LogP contribution in [-0.2, 0) is 11.2 Å². The van der Waals surface area contributed by atoms with Crippen LogP contribution in [-0.4, -0.2) is 24.5 Å². The van der Waals surface area contributed by atoms with Crippen molar-refractivity contribution in [2.24, 2.45) is 0 Å². The SMILES string of the molecule is CC(C)[Si](C#CC1CCc2cc3c(cnn3C3CCCCO3)c(Br)c21)(C(C)C)C(C)C. The molecule has 2 aliphatic rings. The third-order valence-corrected chi connectivity index (χ3v) is 14.9. The highest BCUT2D eigenvalue weighted by atomic mass is 79.9. The summed E-state index contributed by atoms with van der Waals surface area (Å²) in [6.45, 7) is 15.2. The van der Waals surface area contributed by atoms with Gasteiger partial charge in [0.15, 0.2) is 6.23 Å². The summed E-state index contributed by atoms with van der Waals surface area (Å²) in [6, 6.07) is 2.36. The quantitative estimate of drug-likeness (QED) is 0.316. The maximum atomic E-state index is 6.02. The molecular weight excluding hydrogens is 464 g/mol. The molecule has 0 radical (unpaired) electrons. The molecule has 0 bridgehead atoms. The molecule has 1 aliphatic carbocycles. The summed E-state index contributed by atoms with van der Waals surface area (Å²) in [7, 11) is -1.72. The zero-order valence-electron chi connectivity index (χ0n) is 20.0. The van der Waals surface area contributed by atoms with Crippen molar-refractivity contribution in [2.45, 2.75) is 102 Å². The minimum Gasteiger partial charge on any atom is -0.356 e. The van der Waals surface area contributed by atoms with Gasteiger partial charge in [0.2, 0.25) is 0 Å². The van der Waals surface area contributed by atoms with Crippen LogP contribution >= 0.6 is 15.9 Å². The summed E-state index contributed by atoms with van der Waals surface area (Å²) >= 11 is 3.97. The zero-order valence-corrected chi connectivity index (χ0v) is 22.6. The van der Waals surface area contributed by atoms with Crippen molar-refractivity contribution in [3.05, 3.63) is 27.9 Å². The molecule has 1 aliphatic heterocycles. The number of rotatable bonds is 4.